The first-order valence-electron chi connectivity index (χ1n) is 10.4. The highest BCUT2D eigenvalue weighted by Gasteiger charge is 2.37. The molecule has 4 atom stereocenters. The second kappa shape index (κ2) is 7.59. The highest BCUT2D eigenvalue weighted by Crippen LogP contribution is 2.33. The number of carbonyl (C=O) groups excluding carboxylic acids is 1. The number of ketones is 1. The number of aliphatic hydroxyl groups is 1. The van der Waals surface area contributed by atoms with Crippen LogP contribution in [0.25, 0.3) is 10.9 Å². The quantitative estimate of drug-likeness (QED) is 0.597. The third kappa shape index (κ3) is 3.50. The van der Waals surface area contributed by atoms with Crippen LogP contribution in [0.1, 0.15) is 39.4 Å². The third-order valence-corrected chi connectivity index (χ3v) is 7.41. The van der Waals surface area contributed by atoms with E-state index >= 15 is 0 Å². The Balaban J connectivity index is 1.20. The number of benzene rings is 1. The first-order valence-corrected chi connectivity index (χ1v) is 11.2. The van der Waals surface area contributed by atoms with Crippen molar-refractivity contribution in [2.45, 2.75) is 50.9 Å². The Morgan fingerprint density at radius 1 is 1.28 bits per heavy atom. The van der Waals surface area contributed by atoms with Gasteiger partial charge in [0, 0.05) is 50.9 Å². The van der Waals surface area contributed by atoms with Crippen LogP contribution in [0, 0.1) is 12.8 Å². The van der Waals surface area contributed by atoms with Gasteiger partial charge in [0.25, 0.3) is 0 Å². The van der Waals surface area contributed by atoms with Gasteiger partial charge in [-0.05, 0) is 56.9 Å². The van der Waals surface area contributed by atoms with Crippen LogP contribution in [0.2, 0.25) is 0 Å². The summed E-state index contributed by atoms with van der Waals surface area (Å²) in [4.78, 5) is 18.4. The van der Waals surface area contributed by atoms with Crippen molar-refractivity contribution in [1.82, 2.24) is 10.3 Å². The van der Waals surface area contributed by atoms with Crippen molar-refractivity contribution in [3.8, 4) is 5.75 Å². The number of aryl methyl sites for hydroxylation is 2. The summed E-state index contributed by atoms with van der Waals surface area (Å²) < 4.78 is 6.18. The molecule has 1 unspecified atom stereocenters. The minimum atomic E-state index is -0.582. The van der Waals surface area contributed by atoms with Gasteiger partial charge in [-0.2, -0.15) is 0 Å². The Labute approximate surface area is 174 Å². The lowest BCUT2D eigenvalue weighted by Gasteiger charge is -2.25. The molecule has 6 heteroatoms. The summed E-state index contributed by atoms with van der Waals surface area (Å²) in [6.07, 6.45) is 4.59. The van der Waals surface area contributed by atoms with Gasteiger partial charge in [0.05, 0.1) is 0 Å². The lowest BCUT2D eigenvalue weighted by atomic mass is 9.87. The molecule has 3 aromatic rings. The topological polar surface area (TPSA) is 74.3 Å². The van der Waals surface area contributed by atoms with Crippen LogP contribution in [0.5, 0.6) is 5.75 Å². The molecule has 29 heavy (non-hydrogen) atoms. The molecule has 2 heterocycles. The molecule has 2 aromatic heterocycles. The van der Waals surface area contributed by atoms with Crippen molar-refractivity contribution in [1.29, 1.82) is 0 Å². The molecule has 2 aliphatic carbocycles. The van der Waals surface area contributed by atoms with Gasteiger partial charge in [0.2, 0.25) is 0 Å². The molecular weight excluding hydrogens is 384 g/mol. The molecule has 1 fully saturated rings. The molecule has 5 rings (SSSR count). The number of aliphatic hydroxyl groups excluding tert-OH is 1. The molecule has 1 aromatic carbocycles. The van der Waals surface area contributed by atoms with Crippen LogP contribution in [-0.2, 0) is 6.42 Å². The van der Waals surface area contributed by atoms with Gasteiger partial charge in [0.1, 0.15) is 18.0 Å². The van der Waals surface area contributed by atoms with Crippen LogP contribution >= 0.6 is 11.3 Å². The van der Waals surface area contributed by atoms with E-state index in [9.17, 15) is 9.90 Å². The van der Waals surface area contributed by atoms with Gasteiger partial charge >= 0.3 is 0 Å². The van der Waals surface area contributed by atoms with E-state index < -0.39 is 6.10 Å². The Hall–Kier alpha value is -2.15. The maximum atomic E-state index is 12.8. The van der Waals surface area contributed by atoms with Crippen molar-refractivity contribution >= 4 is 28.0 Å². The number of rotatable bonds is 5. The maximum Gasteiger partial charge on any atom is 0.168 e. The number of aromatic amines is 1. The summed E-state index contributed by atoms with van der Waals surface area (Å²) in [7, 11) is 0. The van der Waals surface area contributed by atoms with Gasteiger partial charge in [-0.15, -0.1) is 11.3 Å². The van der Waals surface area contributed by atoms with Crippen molar-refractivity contribution in [2.75, 3.05) is 6.54 Å². The summed E-state index contributed by atoms with van der Waals surface area (Å²) in [5.74, 6) is 1.05. The number of fused-ring (bicyclic) bond motifs is 2. The minimum Gasteiger partial charge on any atom is -0.487 e. The van der Waals surface area contributed by atoms with E-state index in [2.05, 4.69) is 17.2 Å². The molecule has 0 aliphatic heterocycles. The molecule has 0 spiro atoms. The summed E-state index contributed by atoms with van der Waals surface area (Å²) in [5, 5.41) is 15.3. The van der Waals surface area contributed by atoms with E-state index in [1.165, 1.54) is 9.75 Å². The fourth-order valence-corrected chi connectivity index (χ4v) is 5.77. The highest BCUT2D eigenvalue weighted by atomic mass is 32.1. The number of aromatic nitrogens is 1. The fourth-order valence-electron chi connectivity index (χ4n) is 4.72. The summed E-state index contributed by atoms with van der Waals surface area (Å²) in [6.45, 7) is 2.68. The van der Waals surface area contributed by atoms with Crippen LogP contribution < -0.4 is 10.1 Å². The van der Waals surface area contributed by atoms with Gasteiger partial charge < -0.3 is 20.1 Å². The van der Waals surface area contributed by atoms with E-state index in [0.29, 0.717) is 6.54 Å². The summed E-state index contributed by atoms with van der Waals surface area (Å²) in [5.41, 5.74) is 1.95. The zero-order chi connectivity index (χ0) is 20.0. The Morgan fingerprint density at radius 2 is 2.17 bits per heavy atom. The summed E-state index contributed by atoms with van der Waals surface area (Å²) >= 11 is 1.74. The number of Topliss-reactive ketones (excluding diaryl/α,β-unsaturated/α-hetero) is 1. The van der Waals surface area contributed by atoms with E-state index in [1.54, 1.807) is 11.3 Å². The first kappa shape index (κ1) is 18.9. The molecule has 152 valence electrons. The molecule has 0 saturated heterocycles. The van der Waals surface area contributed by atoms with Crippen molar-refractivity contribution in [3.63, 3.8) is 0 Å². The number of thiophene rings is 1. The Morgan fingerprint density at radius 3 is 3.07 bits per heavy atom. The van der Waals surface area contributed by atoms with Gasteiger partial charge in [0.15, 0.2) is 5.78 Å². The lowest BCUT2D eigenvalue weighted by Crippen LogP contribution is -2.44. The number of hydrogen-bond donors (Lipinski definition) is 3. The second-order valence-corrected chi connectivity index (χ2v) is 9.57. The number of carbonyl (C=O) groups is 1. The summed E-state index contributed by atoms with van der Waals surface area (Å²) in [6, 6.07) is 9.91. The van der Waals surface area contributed by atoms with Crippen molar-refractivity contribution < 1.29 is 14.6 Å². The van der Waals surface area contributed by atoms with Gasteiger partial charge in [-0.1, -0.05) is 6.07 Å². The van der Waals surface area contributed by atoms with E-state index in [4.69, 9.17) is 4.74 Å². The number of nitrogens with one attached hydrogen (secondary N) is 2. The van der Waals surface area contributed by atoms with Crippen LogP contribution in [0.15, 0.2) is 36.5 Å². The molecule has 1 saturated carbocycles. The largest absolute Gasteiger partial charge is 0.487 e. The van der Waals surface area contributed by atoms with E-state index in [1.807, 2.05) is 36.5 Å². The van der Waals surface area contributed by atoms with Gasteiger partial charge in [-0.25, -0.2) is 0 Å². The van der Waals surface area contributed by atoms with Gasteiger partial charge in [-0.3, -0.25) is 4.79 Å². The standard InChI is InChI=1S/C23H26N2O3S/c1-13-11-16-21(29-13)8-5-14(22(16)26)12-25-18-6-7-20(23(18)27)28-19-4-2-3-17-15(19)9-10-24-17/h2-4,9-11,14,18,20,23-25,27H,5-8,12H2,1H3/t14?,18-,20-,23-/m1/s1. The van der Waals surface area contributed by atoms with Crippen LogP contribution in [0.3, 0.4) is 0 Å². The normalized spacial score (nSPS) is 26.8. The van der Waals surface area contributed by atoms with Crippen molar-refractivity contribution in [2.24, 2.45) is 5.92 Å². The maximum absolute atomic E-state index is 12.8. The van der Waals surface area contributed by atoms with Crippen molar-refractivity contribution in [3.05, 3.63) is 51.8 Å². The number of hydrogen-bond acceptors (Lipinski definition) is 5. The predicted molar refractivity (Wildman–Crippen MR) is 115 cm³/mol. The Bertz CT molecular complexity index is 1040. The molecule has 0 bridgehead atoms. The monoisotopic (exact) mass is 410 g/mol. The smallest absolute Gasteiger partial charge is 0.168 e. The van der Waals surface area contributed by atoms with Crippen LogP contribution in [0.4, 0.5) is 0 Å². The zero-order valence-corrected chi connectivity index (χ0v) is 17.3. The van der Waals surface area contributed by atoms with Crippen LogP contribution in [-0.4, -0.2) is 40.7 Å². The molecule has 5 nitrogen and oxygen atoms in total. The number of H-pyrrole nitrogens is 1. The number of ether oxygens (including phenoxy) is 1. The molecule has 0 radical (unpaired) electrons. The molecule has 2 aliphatic rings. The first-order chi connectivity index (χ1) is 14.1. The molecule has 3 N–H and O–H groups in total. The average Bonchev–Trinajstić information content (AvgIpc) is 3.42. The fraction of sp³-hybridized carbons (Fsp3) is 0.435. The molecule has 0 amide bonds. The van der Waals surface area contributed by atoms with E-state index in [0.717, 1.165) is 47.9 Å². The average molecular weight is 411 g/mol. The van der Waals surface area contributed by atoms with E-state index in [-0.39, 0.29) is 23.8 Å². The second-order valence-electron chi connectivity index (χ2n) is 8.23. The minimum absolute atomic E-state index is 0.00253. The molecular formula is C23H26N2O3S. The third-order valence-electron chi connectivity index (χ3n) is 6.30. The predicted octanol–water partition coefficient (Wildman–Crippen LogP) is 3.84. The SMILES string of the molecule is Cc1cc2c(s1)CCC(CN[C@@H]1CC[C@@H](Oc3cccc4[nH]ccc34)[C@@H]1O)C2=O. The Kier molecular flexibility index (Phi) is 4.94. The highest BCUT2D eigenvalue weighted by molar-refractivity contribution is 7.12. The lowest BCUT2D eigenvalue weighted by molar-refractivity contribution is 0.0450. The zero-order valence-electron chi connectivity index (χ0n) is 16.5.